The van der Waals surface area contributed by atoms with Gasteiger partial charge in [0.25, 0.3) is 0 Å². The molecule has 23 heavy (non-hydrogen) atoms. The molecule has 4 nitrogen and oxygen atoms in total. The number of phenolic OH excluding ortho intramolecular Hbond substituents is 1. The summed E-state index contributed by atoms with van der Waals surface area (Å²) in [5.41, 5.74) is 1.09. The van der Waals surface area contributed by atoms with Crippen molar-refractivity contribution in [2.75, 3.05) is 26.8 Å². The monoisotopic (exact) mass is 319 g/mol. The second-order valence-electron chi connectivity index (χ2n) is 6.76. The summed E-state index contributed by atoms with van der Waals surface area (Å²) in [5.74, 6) is 0.730. The Labute approximate surface area is 139 Å². The molecule has 2 atom stereocenters. The second kappa shape index (κ2) is 8.02. The first-order chi connectivity index (χ1) is 11.3. The number of nitrogens with zero attached hydrogens (tertiary/aromatic N) is 1. The van der Waals surface area contributed by atoms with Crippen LogP contribution in [0, 0.1) is 0 Å². The summed E-state index contributed by atoms with van der Waals surface area (Å²) in [6, 6.07) is 6.22. The van der Waals surface area contributed by atoms with E-state index >= 15 is 0 Å². The van der Waals surface area contributed by atoms with Gasteiger partial charge in [0.1, 0.15) is 0 Å². The van der Waals surface area contributed by atoms with Gasteiger partial charge in [-0.1, -0.05) is 18.9 Å². The highest BCUT2D eigenvalue weighted by molar-refractivity contribution is 5.41. The van der Waals surface area contributed by atoms with Gasteiger partial charge in [-0.2, -0.15) is 0 Å². The fourth-order valence-electron chi connectivity index (χ4n) is 3.98. The quantitative estimate of drug-likeness (QED) is 0.873. The third kappa shape index (κ3) is 4.18. The molecule has 128 valence electrons. The van der Waals surface area contributed by atoms with Crippen molar-refractivity contribution < 1.29 is 14.6 Å². The minimum Gasteiger partial charge on any atom is -0.504 e. The number of benzene rings is 1. The molecule has 1 heterocycles. The lowest BCUT2D eigenvalue weighted by atomic mass is 9.91. The van der Waals surface area contributed by atoms with Crippen LogP contribution in [-0.2, 0) is 11.2 Å². The summed E-state index contributed by atoms with van der Waals surface area (Å²) >= 11 is 0. The first-order valence-electron chi connectivity index (χ1n) is 8.99. The average molecular weight is 319 g/mol. The lowest BCUT2D eigenvalue weighted by Crippen LogP contribution is -2.45. The highest BCUT2D eigenvalue weighted by Crippen LogP contribution is 2.29. The van der Waals surface area contributed by atoms with E-state index in [2.05, 4.69) is 4.90 Å². The summed E-state index contributed by atoms with van der Waals surface area (Å²) < 4.78 is 11.3. The number of hydrogen-bond acceptors (Lipinski definition) is 4. The standard InChI is InChI=1S/C19H29NO3/c1-22-19-9-8-15(14-17(19)21)10-13-23-18-7-3-2-6-16(18)20-11-4-5-12-20/h8-9,14,16,18,21H,2-7,10-13H2,1H3/t16-,18-/m0/s1. The van der Waals surface area contributed by atoms with Crippen molar-refractivity contribution in [3.63, 3.8) is 0 Å². The van der Waals surface area contributed by atoms with E-state index < -0.39 is 0 Å². The Hall–Kier alpha value is -1.26. The van der Waals surface area contributed by atoms with Gasteiger partial charge >= 0.3 is 0 Å². The zero-order valence-corrected chi connectivity index (χ0v) is 14.2. The summed E-state index contributed by atoms with van der Waals surface area (Å²) in [7, 11) is 1.57. The van der Waals surface area contributed by atoms with Crippen molar-refractivity contribution in [1.82, 2.24) is 4.90 Å². The predicted octanol–water partition coefficient (Wildman–Crippen LogP) is 3.37. The van der Waals surface area contributed by atoms with Crippen LogP contribution < -0.4 is 4.74 Å². The maximum Gasteiger partial charge on any atom is 0.160 e. The Morgan fingerprint density at radius 3 is 2.65 bits per heavy atom. The zero-order valence-electron chi connectivity index (χ0n) is 14.2. The fourth-order valence-corrected chi connectivity index (χ4v) is 3.98. The van der Waals surface area contributed by atoms with Gasteiger partial charge in [-0.25, -0.2) is 0 Å². The normalized spacial score (nSPS) is 25.6. The van der Waals surface area contributed by atoms with E-state index in [0.29, 0.717) is 17.9 Å². The Bertz CT molecular complexity index is 499. The predicted molar refractivity (Wildman–Crippen MR) is 91.2 cm³/mol. The number of likely N-dealkylation sites (tertiary alicyclic amines) is 1. The van der Waals surface area contributed by atoms with E-state index in [1.54, 1.807) is 13.2 Å². The number of rotatable bonds is 6. The van der Waals surface area contributed by atoms with Crippen molar-refractivity contribution in [2.24, 2.45) is 0 Å². The SMILES string of the molecule is COc1ccc(CCO[C@H]2CCCC[C@@H]2N2CCCC2)cc1O. The third-order valence-electron chi connectivity index (χ3n) is 5.24. The molecule has 1 saturated heterocycles. The van der Waals surface area contributed by atoms with Crippen LogP contribution in [0.2, 0.25) is 0 Å². The minimum absolute atomic E-state index is 0.206. The van der Waals surface area contributed by atoms with Gasteiger partial charge in [-0.05, 0) is 62.9 Å². The van der Waals surface area contributed by atoms with E-state index in [-0.39, 0.29) is 5.75 Å². The van der Waals surface area contributed by atoms with Gasteiger partial charge < -0.3 is 14.6 Å². The topological polar surface area (TPSA) is 41.9 Å². The molecule has 3 rings (SSSR count). The Balaban J connectivity index is 1.51. The van der Waals surface area contributed by atoms with Crippen molar-refractivity contribution in [2.45, 2.75) is 57.1 Å². The lowest BCUT2D eigenvalue weighted by molar-refractivity contribution is -0.0290. The van der Waals surface area contributed by atoms with E-state index in [0.717, 1.165) is 18.6 Å². The van der Waals surface area contributed by atoms with Crippen molar-refractivity contribution in [3.8, 4) is 11.5 Å². The second-order valence-corrected chi connectivity index (χ2v) is 6.76. The van der Waals surface area contributed by atoms with Crippen LogP contribution >= 0.6 is 0 Å². The van der Waals surface area contributed by atoms with Crippen LogP contribution in [0.4, 0.5) is 0 Å². The number of hydrogen-bond donors (Lipinski definition) is 1. The molecular formula is C19H29NO3. The van der Waals surface area contributed by atoms with Crippen molar-refractivity contribution in [3.05, 3.63) is 23.8 Å². The smallest absolute Gasteiger partial charge is 0.160 e. The minimum atomic E-state index is 0.206. The molecule has 0 amide bonds. The summed E-state index contributed by atoms with van der Waals surface area (Å²) in [4.78, 5) is 2.64. The van der Waals surface area contributed by atoms with Crippen LogP contribution in [0.25, 0.3) is 0 Å². The average Bonchev–Trinajstić information content (AvgIpc) is 3.10. The number of phenols is 1. The highest BCUT2D eigenvalue weighted by atomic mass is 16.5. The van der Waals surface area contributed by atoms with Gasteiger partial charge in [-0.15, -0.1) is 0 Å². The summed E-state index contributed by atoms with van der Waals surface area (Å²) in [6.07, 6.45) is 9.01. The first kappa shape index (κ1) is 16.6. The maximum atomic E-state index is 9.85. The molecule has 0 aromatic heterocycles. The largest absolute Gasteiger partial charge is 0.504 e. The Morgan fingerprint density at radius 2 is 1.91 bits per heavy atom. The molecule has 1 N–H and O–H groups in total. The molecule has 1 aromatic carbocycles. The van der Waals surface area contributed by atoms with Gasteiger partial charge in [0.05, 0.1) is 19.8 Å². The molecule has 2 fully saturated rings. The number of ether oxygens (including phenoxy) is 2. The van der Waals surface area contributed by atoms with E-state index in [1.807, 2.05) is 12.1 Å². The molecule has 1 aromatic rings. The van der Waals surface area contributed by atoms with Crippen LogP contribution in [-0.4, -0.2) is 49.0 Å². The molecular weight excluding hydrogens is 290 g/mol. The van der Waals surface area contributed by atoms with Crippen LogP contribution in [0.5, 0.6) is 11.5 Å². The van der Waals surface area contributed by atoms with Gasteiger partial charge in [0.15, 0.2) is 11.5 Å². The maximum absolute atomic E-state index is 9.85. The molecule has 2 aliphatic rings. The molecule has 1 aliphatic carbocycles. The molecule has 0 spiro atoms. The van der Waals surface area contributed by atoms with Gasteiger partial charge in [0.2, 0.25) is 0 Å². The molecule has 4 heteroatoms. The van der Waals surface area contributed by atoms with E-state index in [4.69, 9.17) is 9.47 Å². The summed E-state index contributed by atoms with van der Waals surface area (Å²) in [6.45, 7) is 3.22. The molecule has 0 radical (unpaired) electrons. The van der Waals surface area contributed by atoms with Crippen LogP contribution in [0.15, 0.2) is 18.2 Å². The highest BCUT2D eigenvalue weighted by Gasteiger charge is 2.31. The Kier molecular flexibility index (Phi) is 5.79. The number of aromatic hydroxyl groups is 1. The van der Waals surface area contributed by atoms with Gasteiger partial charge in [0, 0.05) is 6.04 Å². The van der Waals surface area contributed by atoms with Crippen molar-refractivity contribution >= 4 is 0 Å². The third-order valence-corrected chi connectivity index (χ3v) is 5.24. The zero-order chi connectivity index (χ0) is 16.1. The van der Waals surface area contributed by atoms with Crippen molar-refractivity contribution in [1.29, 1.82) is 0 Å². The Morgan fingerprint density at radius 1 is 1.13 bits per heavy atom. The van der Waals surface area contributed by atoms with Gasteiger partial charge in [-0.3, -0.25) is 4.90 Å². The van der Waals surface area contributed by atoms with E-state index in [9.17, 15) is 5.11 Å². The summed E-state index contributed by atoms with van der Waals surface area (Å²) in [5, 5.41) is 9.85. The van der Waals surface area contributed by atoms with Crippen LogP contribution in [0.3, 0.4) is 0 Å². The van der Waals surface area contributed by atoms with E-state index in [1.165, 1.54) is 51.6 Å². The van der Waals surface area contributed by atoms with Crippen LogP contribution in [0.1, 0.15) is 44.1 Å². The lowest BCUT2D eigenvalue weighted by Gasteiger charge is -2.37. The number of methoxy groups -OCH3 is 1. The molecule has 1 aliphatic heterocycles. The first-order valence-corrected chi connectivity index (χ1v) is 8.99. The molecule has 0 unspecified atom stereocenters. The fraction of sp³-hybridized carbons (Fsp3) is 0.684. The molecule has 1 saturated carbocycles. The molecule has 0 bridgehead atoms.